The third kappa shape index (κ3) is 3.22. The number of aromatic amines is 1. The van der Waals surface area contributed by atoms with Crippen LogP contribution in [0.25, 0.3) is 0 Å². The molecule has 0 unspecified atom stereocenters. The van der Waals surface area contributed by atoms with E-state index in [0.717, 1.165) is 5.56 Å². The van der Waals surface area contributed by atoms with Gasteiger partial charge < -0.3 is 19.7 Å². The molecule has 110 valence electrons. The number of nitrogens with one attached hydrogen (secondary N) is 1. The van der Waals surface area contributed by atoms with Crippen LogP contribution in [0.4, 0.5) is 0 Å². The van der Waals surface area contributed by atoms with E-state index in [9.17, 15) is 14.7 Å². The van der Waals surface area contributed by atoms with Gasteiger partial charge in [0.1, 0.15) is 5.56 Å². The van der Waals surface area contributed by atoms with Crippen LogP contribution in [0.3, 0.4) is 0 Å². The minimum Gasteiger partial charge on any atom is -0.504 e. The van der Waals surface area contributed by atoms with Crippen molar-refractivity contribution in [3.05, 3.63) is 58.0 Å². The second-order valence-corrected chi connectivity index (χ2v) is 4.59. The van der Waals surface area contributed by atoms with Crippen molar-refractivity contribution in [2.45, 2.75) is 6.54 Å². The number of H-pyrrole nitrogens is 1. The third-order valence-electron chi connectivity index (χ3n) is 3.07. The van der Waals surface area contributed by atoms with Crippen molar-refractivity contribution in [1.82, 2.24) is 9.88 Å². The van der Waals surface area contributed by atoms with Gasteiger partial charge in [0.05, 0.1) is 7.11 Å². The average molecular weight is 288 g/mol. The van der Waals surface area contributed by atoms with E-state index in [4.69, 9.17) is 4.74 Å². The fraction of sp³-hybridized carbons (Fsp3) is 0.200. The normalized spacial score (nSPS) is 10.2. The highest BCUT2D eigenvalue weighted by atomic mass is 16.5. The Morgan fingerprint density at radius 3 is 2.81 bits per heavy atom. The molecule has 0 spiro atoms. The quantitative estimate of drug-likeness (QED) is 0.890. The van der Waals surface area contributed by atoms with Gasteiger partial charge >= 0.3 is 0 Å². The van der Waals surface area contributed by atoms with Crippen LogP contribution < -0.4 is 10.2 Å². The van der Waals surface area contributed by atoms with Crippen LogP contribution in [0.1, 0.15) is 15.9 Å². The molecule has 0 fully saturated rings. The fourth-order valence-corrected chi connectivity index (χ4v) is 1.95. The number of phenolic OH excluding ortho intramolecular Hbond substituents is 1. The van der Waals surface area contributed by atoms with E-state index >= 15 is 0 Å². The lowest BCUT2D eigenvalue weighted by Gasteiger charge is -2.17. The van der Waals surface area contributed by atoms with Crippen molar-refractivity contribution in [2.24, 2.45) is 0 Å². The standard InChI is InChI=1S/C15H16N2O4/c1-17(15(20)11-8-16-6-5-12(11)18)9-10-3-4-13(19)14(7-10)21-2/h3-8,19H,9H2,1-2H3,(H,16,18). The number of carbonyl (C=O) groups is 1. The Labute approximate surface area is 121 Å². The predicted molar refractivity (Wildman–Crippen MR) is 77.5 cm³/mol. The van der Waals surface area contributed by atoms with Crippen molar-refractivity contribution in [3.63, 3.8) is 0 Å². The van der Waals surface area contributed by atoms with Gasteiger partial charge in [0.25, 0.3) is 5.91 Å². The number of carbonyl (C=O) groups excluding carboxylic acids is 1. The molecule has 0 radical (unpaired) electrons. The summed E-state index contributed by atoms with van der Waals surface area (Å²) in [5.41, 5.74) is 0.549. The largest absolute Gasteiger partial charge is 0.504 e. The molecule has 1 aromatic heterocycles. The highest BCUT2D eigenvalue weighted by Gasteiger charge is 2.15. The molecule has 2 N–H and O–H groups in total. The fourth-order valence-electron chi connectivity index (χ4n) is 1.95. The molecule has 0 atom stereocenters. The van der Waals surface area contributed by atoms with Gasteiger partial charge in [-0.15, -0.1) is 0 Å². The van der Waals surface area contributed by atoms with E-state index in [0.29, 0.717) is 12.3 Å². The van der Waals surface area contributed by atoms with Crippen LogP contribution in [-0.2, 0) is 6.54 Å². The maximum absolute atomic E-state index is 12.2. The average Bonchev–Trinajstić information content (AvgIpc) is 2.49. The summed E-state index contributed by atoms with van der Waals surface area (Å²) < 4.78 is 5.02. The first-order valence-electron chi connectivity index (χ1n) is 6.31. The zero-order valence-electron chi connectivity index (χ0n) is 11.8. The first-order chi connectivity index (χ1) is 10.0. The smallest absolute Gasteiger partial charge is 0.259 e. The molecular formula is C15H16N2O4. The Balaban J connectivity index is 2.18. The summed E-state index contributed by atoms with van der Waals surface area (Å²) in [6.07, 6.45) is 2.86. The number of hydrogen-bond donors (Lipinski definition) is 2. The molecule has 0 aliphatic carbocycles. The maximum atomic E-state index is 12.2. The summed E-state index contributed by atoms with van der Waals surface area (Å²) in [6, 6.07) is 6.15. The van der Waals surface area contributed by atoms with Gasteiger partial charge in [0.2, 0.25) is 0 Å². The zero-order valence-corrected chi connectivity index (χ0v) is 11.8. The van der Waals surface area contributed by atoms with E-state index in [1.54, 1.807) is 19.2 Å². The molecule has 1 amide bonds. The minimum absolute atomic E-state index is 0.0368. The van der Waals surface area contributed by atoms with Crippen LogP contribution in [-0.4, -0.2) is 35.1 Å². The molecule has 6 nitrogen and oxygen atoms in total. The lowest BCUT2D eigenvalue weighted by Crippen LogP contribution is -2.30. The predicted octanol–water partition coefficient (Wildman–Crippen LogP) is 1.36. The van der Waals surface area contributed by atoms with Crippen molar-refractivity contribution in [3.8, 4) is 11.5 Å². The Kier molecular flexibility index (Phi) is 4.27. The second-order valence-electron chi connectivity index (χ2n) is 4.59. The van der Waals surface area contributed by atoms with Crippen LogP contribution >= 0.6 is 0 Å². The zero-order chi connectivity index (χ0) is 15.4. The number of aromatic hydroxyl groups is 1. The minimum atomic E-state index is -0.371. The number of nitrogens with zero attached hydrogens (tertiary/aromatic N) is 1. The molecule has 0 saturated carbocycles. The molecule has 0 bridgehead atoms. The summed E-state index contributed by atoms with van der Waals surface area (Å²) in [7, 11) is 3.06. The number of phenols is 1. The Morgan fingerprint density at radius 2 is 2.14 bits per heavy atom. The van der Waals surface area contributed by atoms with Gasteiger partial charge in [0.15, 0.2) is 16.9 Å². The number of benzene rings is 1. The summed E-state index contributed by atoms with van der Waals surface area (Å²) in [6.45, 7) is 0.295. The van der Waals surface area contributed by atoms with E-state index in [1.165, 1.54) is 36.5 Å². The van der Waals surface area contributed by atoms with E-state index in [-0.39, 0.29) is 22.6 Å². The third-order valence-corrected chi connectivity index (χ3v) is 3.07. The van der Waals surface area contributed by atoms with E-state index < -0.39 is 0 Å². The second kappa shape index (κ2) is 6.13. The van der Waals surface area contributed by atoms with E-state index in [1.807, 2.05) is 0 Å². The van der Waals surface area contributed by atoms with Crippen LogP contribution in [0, 0.1) is 0 Å². The van der Waals surface area contributed by atoms with Crippen molar-refractivity contribution >= 4 is 5.91 Å². The number of pyridine rings is 1. The molecular weight excluding hydrogens is 272 g/mol. The van der Waals surface area contributed by atoms with Crippen LogP contribution in [0.2, 0.25) is 0 Å². The summed E-state index contributed by atoms with van der Waals surface area (Å²) in [5, 5.41) is 9.54. The number of hydrogen-bond acceptors (Lipinski definition) is 4. The Hall–Kier alpha value is -2.76. The lowest BCUT2D eigenvalue weighted by molar-refractivity contribution is 0.0783. The first-order valence-corrected chi connectivity index (χ1v) is 6.31. The lowest BCUT2D eigenvalue weighted by atomic mass is 10.1. The highest BCUT2D eigenvalue weighted by Crippen LogP contribution is 2.26. The Morgan fingerprint density at radius 1 is 1.38 bits per heavy atom. The molecule has 21 heavy (non-hydrogen) atoms. The summed E-state index contributed by atoms with van der Waals surface area (Å²) in [5.74, 6) is 0.00420. The van der Waals surface area contributed by atoms with Crippen LogP contribution in [0.15, 0.2) is 41.5 Å². The van der Waals surface area contributed by atoms with E-state index in [2.05, 4.69) is 4.98 Å². The van der Waals surface area contributed by atoms with Crippen molar-refractivity contribution < 1.29 is 14.6 Å². The molecule has 0 aliphatic rings. The van der Waals surface area contributed by atoms with Crippen LogP contribution in [0.5, 0.6) is 11.5 Å². The topological polar surface area (TPSA) is 82.6 Å². The number of ether oxygens (including phenoxy) is 1. The van der Waals surface area contributed by atoms with Gasteiger partial charge in [-0.2, -0.15) is 0 Å². The molecule has 2 rings (SSSR count). The first kappa shape index (κ1) is 14.6. The van der Waals surface area contributed by atoms with Gasteiger partial charge in [-0.25, -0.2) is 0 Å². The highest BCUT2D eigenvalue weighted by molar-refractivity contribution is 5.93. The number of methoxy groups -OCH3 is 1. The summed E-state index contributed by atoms with van der Waals surface area (Å²) >= 11 is 0. The molecule has 1 aromatic carbocycles. The van der Waals surface area contributed by atoms with Crippen molar-refractivity contribution in [2.75, 3.05) is 14.2 Å². The number of rotatable bonds is 4. The van der Waals surface area contributed by atoms with Gasteiger partial charge in [-0.05, 0) is 17.7 Å². The molecule has 1 heterocycles. The molecule has 6 heteroatoms. The molecule has 0 saturated heterocycles. The Bertz CT molecular complexity index is 709. The molecule has 0 aliphatic heterocycles. The maximum Gasteiger partial charge on any atom is 0.259 e. The SMILES string of the molecule is COc1cc(CN(C)C(=O)c2c[nH]ccc2=O)ccc1O. The number of aromatic nitrogens is 1. The van der Waals surface area contributed by atoms with Gasteiger partial charge in [0, 0.05) is 32.1 Å². The molecule has 2 aromatic rings. The summed E-state index contributed by atoms with van der Waals surface area (Å²) in [4.78, 5) is 28.0. The van der Waals surface area contributed by atoms with Gasteiger partial charge in [-0.3, -0.25) is 9.59 Å². The monoisotopic (exact) mass is 288 g/mol. The van der Waals surface area contributed by atoms with Gasteiger partial charge in [-0.1, -0.05) is 6.07 Å². The number of amides is 1. The van der Waals surface area contributed by atoms with Crippen molar-refractivity contribution in [1.29, 1.82) is 0 Å².